The number of likely N-dealkylation sites (N-methyl/N-ethyl adjacent to an activating group) is 1. The average Bonchev–Trinajstić information content (AvgIpc) is 3.10. The molecule has 1 aromatic heterocycles. The molecule has 2 aliphatic rings. The van der Waals surface area contributed by atoms with E-state index in [0.717, 1.165) is 25.4 Å². The van der Waals surface area contributed by atoms with Gasteiger partial charge in [-0.25, -0.2) is 0 Å². The van der Waals surface area contributed by atoms with Crippen molar-refractivity contribution in [3.05, 3.63) is 11.7 Å². The van der Waals surface area contributed by atoms with Crippen molar-refractivity contribution in [3.8, 4) is 0 Å². The van der Waals surface area contributed by atoms with Crippen LogP contribution < -0.4 is 5.32 Å². The lowest BCUT2D eigenvalue weighted by Crippen LogP contribution is -2.34. The molecule has 0 aromatic carbocycles. The average molecular weight is 253 g/mol. The Morgan fingerprint density at radius 1 is 1.28 bits per heavy atom. The second-order valence-electron chi connectivity index (χ2n) is 4.86. The predicted molar refractivity (Wildman–Crippen MR) is 63.5 cm³/mol. The molecule has 3 rings (SSSR count). The van der Waals surface area contributed by atoms with Crippen LogP contribution in [0.25, 0.3) is 0 Å². The molecular formula is C12H19N3O3. The standard InChI is InChI=1S/C12H19N3O3/c1-2-13-10-7-17-6-9(10)12-14-11(15-18-12)8-3-4-16-5-8/h8-10,13H,2-7H2,1H3. The summed E-state index contributed by atoms with van der Waals surface area (Å²) in [4.78, 5) is 4.53. The molecule has 0 radical (unpaired) electrons. The van der Waals surface area contributed by atoms with Crippen LogP contribution in [0.5, 0.6) is 0 Å². The summed E-state index contributed by atoms with van der Waals surface area (Å²) >= 11 is 0. The van der Waals surface area contributed by atoms with Crippen molar-refractivity contribution < 1.29 is 14.0 Å². The van der Waals surface area contributed by atoms with E-state index in [2.05, 4.69) is 22.4 Å². The summed E-state index contributed by atoms with van der Waals surface area (Å²) in [6, 6.07) is 0.281. The van der Waals surface area contributed by atoms with Crippen molar-refractivity contribution in [1.82, 2.24) is 15.5 Å². The van der Waals surface area contributed by atoms with Crippen molar-refractivity contribution in [3.63, 3.8) is 0 Å². The minimum atomic E-state index is 0.175. The molecule has 0 spiro atoms. The Balaban J connectivity index is 1.71. The van der Waals surface area contributed by atoms with Gasteiger partial charge in [0.25, 0.3) is 0 Å². The molecule has 6 heteroatoms. The van der Waals surface area contributed by atoms with E-state index in [9.17, 15) is 0 Å². The molecule has 2 saturated heterocycles. The van der Waals surface area contributed by atoms with E-state index >= 15 is 0 Å². The van der Waals surface area contributed by atoms with Gasteiger partial charge in [0.2, 0.25) is 5.89 Å². The first kappa shape index (κ1) is 12.1. The molecule has 18 heavy (non-hydrogen) atoms. The maximum Gasteiger partial charge on any atom is 0.233 e. The monoisotopic (exact) mass is 253 g/mol. The molecule has 3 atom stereocenters. The Labute approximate surface area is 106 Å². The molecule has 1 aromatic rings. The fourth-order valence-corrected chi connectivity index (χ4v) is 2.56. The quantitative estimate of drug-likeness (QED) is 0.850. The van der Waals surface area contributed by atoms with Gasteiger partial charge < -0.3 is 19.3 Å². The van der Waals surface area contributed by atoms with Gasteiger partial charge in [-0.05, 0) is 13.0 Å². The number of hydrogen-bond donors (Lipinski definition) is 1. The minimum Gasteiger partial charge on any atom is -0.381 e. The molecular weight excluding hydrogens is 234 g/mol. The highest BCUT2D eigenvalue weighted by molar-refractivity contribution is 5.05. The third-order valence-electron chi connectivity index (χ3n) is 3.62. The summed E-state index contributed by atoms with van der Waals surface area (Å²) in [5, 5.41) is 7.48. The largest absolute Gasteiger partial charge is 0.381 e. The lowest BCUT2D eigenvalue weighted by atomic mass is 10.0. The van der Waals surface area contributed by atoms with E-state index in [-0.39, 0.29) is 12.0 Å². The highest BCUT2D eigenvalue weighted by Crippen LogP contribution is 2.28. The lowest BCUT2D eigenvalue weighted by Gasteiger charge is -2.14. The summed E-state index contributed by atoms with van der Waals surface area (Å²) < 4.78 is 16.2. The summed E-state index contributed by atoms with van der Waals surface area (Å²) in [6.45, 7) is 5.87. The van der Waals surface area contributed by atoms with E-state index in [1.165, 1.54) is 0 Å². The minimum absolute atomic E-state index is 0.175. The smallest absolute Gasteiger partial charge is 0.233 e. The fraction of sp³-hybridized carbons (Fsp3) is 0.833. The van der Waals surface area contributed by atoms with E-state index in [0.29, 0.717) is 31.6 Å². The number of nitrogens with one attached hydrogen (secondary N) is 1. The number of ether oxygens (including phenoxy) is 2. The van der Waals surface area contributed by atoms with E-state index in [4.69, 9.17) is 14.0 Å². The molecule has 6 nitrogen and oxygen atoms in total. The molecule has 0 bridgehead atoms. The fourth-order valence-electron chi connectivity index (χ4n) is 2.56. The molecule has 0 saturated carbocycles. The van der Waals surface area contributed by atoms with Crippen LogP contribution in [0.15, 0.2) is 4.52 Å². The first-order valence-corrected chi connectivity index (χ1v) is 6.61. The summed E-state index contributed by atoms with van der Waals surface area (Å²) in [5.74, 6) is 1.95. The lowest BCUT2D eigenvalue weighted by molar-refractivity contribution is 0.185. The molecule has 0 aliphatic carbocycles. The summed E-state index contributed by atoms with van der Waals surface area (Å²) in [6.07, 6.45) is 0.983. The van der Waals surface area contributed by atoms with Crippen molar-refractivity contribution >= 4 is 0 Å². The van der Waals surface area contributed by atoms with Gasteiger partial charge in [0, 0.05) is 18.6 Å². The van der Waals surface area contributed by atoms with Gasteiger partial charge in [0.15, 0.2) is 5.82 Å². The Hall–Kier alpha value is -0.980. The number of rotatable bonds is 4. The highest BCUT2D eigenvalue weighted by Gasteiger charge is 2.34. The van der Waals surface area contributed by atoms with Crippen LogP contribution in [0, 0.1) is 0 Å². The van der Waals surface area contributed by atoms with Crippen LogP contribution in [0.3, 0.4) is 0 Å². The molecule has 1 N–H and O–H groups in total. The normalized spacial score (nSPS) is 32.2. The second-order valence-corrected chi connectivity index (χ2v) is 4.86. The van der Waals surface area contributed by atoms with Crippen LogP contribution in [0.2, 0.25) is 0 Å². The van der Waals surface area contributed by atoms with Gasteiger partial charge in [-0.3, -0.25) is 0 Å². The third kappa shape index (κ3) is 2.28. The third-order valence-corrected chi connectivity index (χ3v) is 3.62. The van der Waals surface area contributed by atoms with Crippen LogP contribution >= 0.6 is 0 Å². The van der Waals surface area contributed by atoms with Gasteiger partial charge in [0.05, 0.1) is 25.7 Å². The summed E-state index contributed by atoms with van der Waals surface area (Å²) in [5.41, 5.74) is 0. The van der Waals surface area contributed by atoms with Gasteiger partial charge in [-0.1, -0.05) is 12.1 Å². The zero-order valence-corrected chi connectivity index (χ0v) is 10.6. The van der Waals surface area contributed by atoms with Gasteiger partial charge >= 0.3 is 0 Å². The zero-order valence-electron chi connectivity index (χ0n) is 10.6. The first-order valence-electron chi connectivity index (χ1n) is 6.61. The summed E-state index contributed by atoms with van der Waals surface area (Å²) in [7, 11) is 0. The molecule has 100 valence electrons. The molecule has 0 amide bonds. The number of aromatic nitrogens is 2. The molecule has 3 heterocycles. The highest BCUT2D eigenvalue weighted by atomic mass is 16.5. The maximum atomic E-state index is 5.50. The van der Waals surface area contributed by atoms with Crippen molar-refractivity contribution in [2.24, 2.45) is 0 Å². The molecule has 2 fully saturated rings. The van der Waals surface area contributed by atoms with Crippen LogP contribution in [-0.2, 0) is 9.47 Å². The Morgan fingerprint density at radius 3 is 3.00 bits per heavy atom. The second kappa shape index (κ2) is 5.34. The Morgan fingerprint density at radius 2 is 2.22 bits per heavy atom. The van der Waals surface area contributed by atoms with Crippen molar-refractivity contribution in [2.75, 3.05) is 33.0 Å². The van der Waals surface area contributed by atoms with E-state index in [1.807, 2.05) is 0 Å². The Kier molecular flexibility index (Phi) is 3.58. The van der Waals surface area contributed by atoms with Crippen LogP contribution in [-0.4, -0.2) is 49.2 Å². The van der Waals surface area contributed by atoms with E-state index in [1.54, 1.807) is 0 Å². The topological polar surface area (TPSA) is 69.4 Å². The SMILES string of the molecule is CCNC1COCC1c1nc(C2CCOC2)no1. The molecule has 3 unspecified atom stereocenters. The number of nitrogens with zero attached hydrogens (tertiary/aromatic N) is 2. The van der Waals surface area contributed by atoms with Crippen molar-refractivity contribution in [1.29, 1.82) is 0 Å². The van der Waals surface area contributed by atoms with Gasteiger partial charge in [-0.2, -0.15) is 4.98 Å². The van der Waals surface area contributed by atoms with Gasteiger partial charge in [0.1, 0.15) is 0 Å². The maximum absolute atomic E-state index is 5.50. The van der Waals surface area contributed by atoms with Crippen LogP contribution in [0.1, 0.15) is 36.9 Å². The zero-order chi connectivity index (χ0) is 12.4. The van der Waals surface area contributed by atoms with E-state index < -0.39 is 0 Å². The molecule has 2 aliphatic heterocycles. The first-order chi connectivity index (χ1) is 8.88. The van der Waals surface area contributed by atoms with Crippen LogP contribution in [0.4, 0.5) is 0 Å². The number of hydrogen-bond acceptors (Lipinski definition) is 6. The predicted octanol–water partition coefficient (Wildman–Crippen LogP) is 0.665. The Bertz CT molecular complexity index is 390. The van der Waals surface area contributed by atoms with Crippen molar-refractivity contribution in [2.45, 2.75) is 31.2 Å². The van der Waals surface area contributed by atoms with Gasteiger partial charge in [-0.15, -0.1) is 0 Å².